The molecule has 31 heavy (non-hydrogen) atoms. The maximum Gasteiger partial charge on any atom is 0.344 e. The van der Waals surface area contributed by atoms with Gasteiger partial charge in [-0.2, -0.15) is 0 Å². The van der Waals surface area contributed by atoms with E-state index in [9.17, 15) is 14.7 Å². The second-order valence-corrected chi connectivity index (χ2v) is 7.62. The first-order valence-electron chi connectivity index (χ1n) is 9.26. The van der Waals surface area contributed by atoms with Gasteiger partial charge in [-0.15, -0.1) is 0 Å². The number of esters is 2. The third-order valence-electron chi connectivity index (χ3n) is 4.65. The van der Waals surface area contributed by atoms with Gasteiger partial charge in [-0.25, -0.2) is 9.59 Å². The highest BCUT2D eigenvalue weighted by atomic mass is 79.9. The number of benzene rings is 2. The van der Waals surface area contributed by atoms with Crippen molar-refractivity contribution in [3.8, 4) is 17.2 Å². The van der Waals surface area contributed by atoms with E-state index in [1.807, 2.05) is 0 Å². The van der Waals surface area contributed by atoms with Crippen LogP contribution in [0.3, 0.4) is 0 Å². The molecular formula is C22H25BrO8. The molecule has 0 aliphatic carbocycles. The van der Waals surface area contributed by atoms with Crippen LogP contribution in [-0.2, 0) is 14.2 Å². The first kappa shape index (κ1) is 24.6. The van der Waals surface area contributed by atoms with Gasteiger partial charge < -0.3 is 28.8 Å². The van der Waals surface area contributed by atoms with E-state index in [0.717, 1.165) is 0 Å². The van der Waals surface area contributed by atoms with E-state index < -0.39 is 11.9 Å². The number of aryl methyl sites for hydroxylation is 2. The van der Waals surface area contributed by atoms with Crippen molar-refractivity contribution in [1.29, 1.82) is 0 Å². The Balaban J connectivity index is 2.57. The third-order valence-corrected chi connectivity index (χ3v) is 5.37. The van der Waals surface area contributed by atoms with Gasteiger partial charge in [0.1, 0.15) is 15.8 Å². The molecule has 0 radical (unpaired) electrons. The second-order valence-electron chi connectivity index (χ2n) is 6.83. The summed E-state index contributed by atoms with van der Waals surface area (Å²) in [6, 6.07) is 2.97. The predicted molar refractivity (Wildman–Crippen MR) is 116 cm³/mol. The zero-order valence-corrected chi connectivity index (χ0v) is 19.8. The molecule has 8 nitrogen and oxygen atoms in total. The molecule has 0 aliphatic heterocycles. The van der Waals surface area contributed by atoms with Gasteiger partial charge in [-0.05, 0) is 78.0 Å². The van der Waals surface area contributed by atoms with E-state index in [-0.39, 0.29) is 40.9 Å². The van der Waals surface area contributed by atoms with Gasteiger partial charge in [-0.3, -0.25) is 0 Å². The van der Waals surface area contributed by atoms with Gasteiger partial charge in [-0.1, -0.05) is 0 Å². The number of phenolic OH excluding ortho intramolecular Hbond substituents is 1. The number of carbonyl (C=O) groups is 2. The molecule has 0 aromatic heterocycles. The summed E-state index contributed by atoms with van der Waals surface area (Å²) >= 11 is 3.40. The number of halogens is 1. The summed E-state index contributed by atoms with van der Waals surface area (Å²) in [6.45, 7) is 6.45. The number of rotatable bonds is 8. The summed E-state index contributed by atoms with van der Waals surface area (Å²) in [6.07, 6.45) is 0. The van der Waals surface area contributed by atoms with Gasteiger partial charge >= 0.3 is 11.9 Å². The van der Waals surface area contributed by atoms with E-state index in [1.165, 1.54) is 26.4 Å². The first-order chi connectivity index (χ1) is 14.6. The molecule has 0 unspecified atom stereocenters. The molecular weight excluding hydrogens is 472 g/mol. The van der Waals surface area contributed by atoms with Crippen molar-refractivity contribution < 1.29 is 38.4 Å². The van der Waals surface area contributed by atoms with Gasteiger partial charge in [0, 0.05) is 14.2 Å². The Morgan fingerprint density at radius 3 is 2.00 bits per heavy atom. The number of phenols is 1. The summed E-state index contributed by atoms with van der Waals surface area (Å²) in [5.41, 5.74) is 2.70. The standard InChI is InChI=1S/C22H25BrO8/c1-11-7-15(24)8-12(2)16(11)22(26)31-19-14(4)13(3)17(21(25)30-10-28-6)20(18(19)23)29-9-27-5/h7-8,24H,9-10H2,1-6H3. The molecule has 2 aromatic carbocycles. The monoisotopic (exact) mass is 496 g/mol. The van der Waals surface area contributed by atoms with E-state index in [4.69, 9.17) is 23.7 Å². The van der Waals surface area contributed by atoms with Crippen LogP contribution in [0.1, 0.15) is 43.0 Å². The lowest BCUT2D eigenvalue weighted by Crippen LogP contribution is -2.17. The zero-order valence-electron chi connectivity index (χ0n) is 18.3. The van der Waals surface area contributed by atoms with Crippen LogP contribution in [0.25, 0.3) is 0 Å². The van der Waals surface area contributed by atoms with E-state index in [2.05, 4.69) is 15.9 Å². The van der Waals surface area contributed by atoms with Crippen LogP contribution in [0.15, 0.2) is 16.6 Å². The Kier molecular flexibility index (Phi) is 8.43. The molecule has 0 fully saturated rings. The van der Waals surface area contributed by atoms with Gasteiger partial charge in [0.05, 0.1) is 5.56 Å². The number of ether oxygens (including phenoxy) is 5. The predicted octanol–water partition coefficient (Wildman–Crippen LogP) is 4.35. The Morgan fingerprint density at radius 2 is 1.45 bits per heavy atom. The van der Waals surface area contributed by atoms with Crippen LogP contribution in [-0.4, -0.2) is 44.9 Å². The Hall–Kier alpha value is -2.62. The summed E-state index contributed by atoms with van der Waals surface area (Å²) < 4.78 is 26.4. The highest BCUT2D eigenvalue weighted by molar-refractivity contribution is 9.10. The topological polar surface area (TPSA) is 101 Å². The van der Waals surface area contributed by atoms with Crippen LogP contribution in [0, 0.1) is 27.7 Å². The zero-order chi connectivity index (χ0) is 23.3. The lowest BCUT2D eigenvalue weighted by Gasteiger charge is -2.20. The summed E-state index contributed by atoms with van der Waals surface area (Å²) in [4.78, 5) is 25.6. The largest absolute Gasteiger partial charge is 0.508 e. The van der Waals surface area contributed by atoms with Crippen molar-refractivity contribution in [3.05, 3.63) is 50.0 Å². The second kappa shape index (κ2) is 10.6. The Labute approximate surface area is 189 Å². The fourth-order valence-electron chi connectivity index (χ4n) is 3.12. The number of hydrogen-bond acceptors (Lipinski definition) is 8. The molecule has 0 spiro atoms. The number of aromatic hydroxyl groups is 1. The van der Waals surface area contributed by atoms with Crippen molar-refractivity contribution in [3.63, 3.8) is 0 Å². The molecule has 2 rings (SSSR count). The third kappa shape index (κ3) is 5.36. The van der Waals surface area contributed by atoms with Crippen LogP contribution in [0.2, 0.25) is 0 Å². The maximum atomic E-state index is 13.0. The average Bonchev–Trinajstić information content (AvgIpc) is 2.70. The van der Waals surface area contributed by atoms with Crippen LogP contribution in [0.5, 0.6) is 17.2 Å². The van der Waals surface area contributed by atoms with Crippen LogP contribution >= 0.6 is 15.9 Å². The summed E-state index contributed by atoms with van der Waals surface area (Å²) in [5.74, 6) is -0.881. The average molecular weight is 497 g/mol. The number of carbonyl (C=O) groups excluding carboxylic acids is 2. The smallest absolute Gasteiger partial charge is 0.344 e. The first-order valence-corrected chi connectivity index (χ1v) is 10.1. The number of hydrogen-bond donors (Lipinski definition) is 1. The van der Waals surface area contributed by atoms with Crippen molar-refractivity contribution in [1.82, 2.24) is 0 Å². The molecule has 0 atom stereocenters. The normalized spacial score (nSPS) is 10.7. The van der Waals surface area contributed by atoms with Crippen molar-refractivity contribution in [2.75, 3.05) is 27.8 Å². The summed E-state index contributed by atoms with van der Waals surface area (Å²) in [7, 11) is 2.84. The molecule has 9 heteroatoms. The maximum absolute atomic E-state index is 13.0. The molecule has 0 bridgehead atoms. The van der Waals surface area contributed by atoms with Gasteiger partial charge in [0.25, 0.3) is 0 Å². The lowest BCUT2D eigenvalue weighted by atomic mass is 10.0. The molecule has 2 aromatic rings. The molecule has 0 heterocycles. The van der Waals surface area contributed by atoms with Crippen molar-refractivity contribution in [2.24, 2.45) is 0 Å². The minimum Gasteiger partial charge on any atom is -0.508 e. The van der Waals surface area contributed by atoms with E-state index in [0.29, 0.717) is 27.8 Å². The highest BCUT2D eigenvalue weighted by Gasteiger charge is 2.28. The Morgan fingerprint density at radius 1 is 0.871 bits per heavy atom. The fourth-order valence-corrected chi connectivity index (χ4v) is 3.81. The van der Waals surface area contributed by atoms with Crippen molar-refractivity contribution in [2.45, 2.75) is 27.7 Å². The van der Waals surface area contributed by atoms with Crippen LogP contribution in [0.4, 0.5) is 0 Å². The fraction of sp³-hybridized carbons (Fsp3) is 0.364. The van der Waals surface area contributed by atoms with E-state index >= 15 is 0 Å². The molecule has 0 saturated carbocycles. The molecule has 1 N–H and O–H groups in total. The molecule has 168 valence electrons. The highest BCUT2D eigenvalue weighted by Crippen LogP contribution is 2.43. The lowest BCUT2D eigenvalue weighted by molar-refractivity contribution is -0.0133. The molecule has 0 aliphatic rings. The number of methoxy groups -OCH3 is 2. The minimum atomic E-state index is -0.655. The minimum absolute atomic E-state index is 0.0638. The van der Waals surface area contributed by atoms with Crippen molar-refractivity contribution >= 4 is 27.9 Å². The van der Waals surface area contributed by atoms with E-state index in [1.54, 1.807) is 27.7 Å². The van der Waals surface area contributed by atoms with Gasteiger partial charge in [0.15, 0.2) is 25.1 Å². The quantitative estimate of drug-likeness (QED) is 0.327. The van der Waals surface area contributed by atoms with Crippen LogP contribution < -0.4 is 9.47 Å². The molecule has 0 amide bonds. The SMILES string of the molecule is COCOC(=O)c1c(C)c(C)c(OC(=O)c2c(C)cc(O)cc2C)c(Br)c1OCOC. The summed E-state index contributed by atoms with van der Waals surface area (Å²) in [5, 5.41) is 9.74. The van der Waals surface area contributed by atoms with Gasteiger partial charge in [0.2, 0.25) is 0 Å². The Bertz CT molecular complexity index is 977. The molecule has 0 saturated heterocycles.